The molecular formula is C51H37N. The second kappa shape index (κ2) is 11.8. The summed E-state index contributed by atoms with van der Waals surface area (Å²) >= 11 is 0. The molecule has 0 saturated carbocycles. The SMILES string of the molecule is CC1(C)c2ccccc2-c2ccc(-c3ccccc3-c3cccc4c5ccccc5n(-c5cc(-c6ccccc6)cc(-c6ccccc6)c5)c34)cc21. The molecule has 0 spiro atoms. The molecule has 0 aliphatic heterocycles. The Kier molecular flexibility index (Phi) is 6.91. The predicted molar refractivity (Wildman–Crippen MR) is 220 cm³/mol. The molecule has 1 aliphatic rings. The molecule has 246 valence electrons. The van der Waals surface area contributed by atoms with Crippen molar-refractivity contribution < 1.29 is 0 Å². The predicted octanol–water partition coefficient (Wildman–Crippen LogP) is 13.8. The molecule has 1 nitrogen and oxygen atoms in total. The quantitative estimate of drug-likeness (QED) is 0.173. The molecular weight excluding hydrogens is 627 g/mol. The lowest BCUT2D eigenvalue weighted by Gasteiger charge is -2.22. The molecule has 10 rings (SSSR count). The summed E-state index contributed by atoms with van der Waals surface area (Å²) in [5, 5.41) is 2.50. The van der Waals surface area contributed by atoms with Gasteiger partial charge in [0.15, 0.2) is 0 Å². The maximum absolute atomic E-state index is 2.50. The number of rotatable bonds is 5. The van der Waals surface area contributed by atoms with Gasteiger partial charge in [-0.2, -0.15) is 0 Å². The average molecular weight is 664 g/mol. The lowest BCUT2D eigenvalue weighted by molar-refractivity contribution is 0.660. The maximum Gasteiger partial charge on any atom is 0.0619 e. The van der Waals surface area contributed by atoms with E-state index in [2.05, 4.69) is 206 Å². The van der Waals surface area contributed by atoms with Gasteiger partial charge in [-0.3, -0.25) is 0 Å². The molecule has 1 heteroatoms. The fourth-order valence-electron chi connectivity index (χ4n) is 8.68. The van der Waals surface area contributed by atoms with Crippen LogP contribution in [0.25, 0.3) is 83.1 Å². The van der Waals surface area contributed by atoms with Gasteiger partial charge in [0.25, 0.3) is 0 Å². The maximum atomic E-state index is 2.50. The fourth-order valence-corrected chi connectivity index (χ4v) is 8.68. The topological polar surface area (TPSA) is 4.93 Å². The number of hydrogen-bond acceptors (Lipinski definition) is 0. The molecule has 0 N–H and O–H groups in total. The van der Waals surface area contributed by atoms with Gasteiger partial charge in [-0.1, -0.05) is 172 Å². The summed E-state index contributed by atoms with van der Waals surface area (Å²) in [6.07, 6.45) is 0. The van der Waals surface area contributed by atoms with E-state index in [0.717, 1.165) is 5.69 Å². The van der Waals surface area contributed by atoms with E-state index in [1.165, 1.54) is 88.6 Å². The van der Waals surface area contributed by atoms with Gasteiger partial charge in [-0.25, -0.2) is 0 Å². The standard InChI is InChI=1S/C51H37N/c1-51(2)47-26-13-11-22-42(47)43-29-28-36(33-48(43)51)40-20-9-10-21-41(40)45-24-15-25-46-44-23-12-14-27-49(44)52(50(45)46)39-31-37(34-16-5-3-6-17-34)30-38(32-39)35-18-7-4-8-19-35/h3-33H,1-2H3. The van der Waals surface area contributed by atoms with E-state index in [-0.39, 0.29) is 5.41 Å². The summed E-state index contributed by atoms with van der Waals surface area (Å²) in [5.74, 6) is 0. The summed E-state index contributed by atoms with van der Waals surface area (Å²) in [4.78, 5) is 0. The van der Waals surface area contributed by atoms with Gasteiger partial charge in [0.05, 0.1) is 11.0 Å². The van der Waals surface area contributed by atoms with Crippen LogP contribution in [-0.4, -0.2) is 4.57 Å². The highest BCUT2D eigenvalue weighted by atomic mass is 15.0. The zero-order chi connectivity index (χ0) is 34.8. The Balaban J connectivity index is 1.23. The van der Waals surface area contributed by atoms with E-state index in [4.69, 9.17) is 0 Å². The van der Waals surface area contributed by atoms with E-state index in [0.29, 0.717) is 0 Å². The van der Waals surface area contributed by atoms with Crippen molar-refractivity contribution in [1.82, 2.24) is 4.57 Å². The summed E-state index contributed by atoms with van der Waals surface area (Å²) in [6, 6.07) is 69.2. The molecule has 1 aliphatic carbocycles. The summed E-state index contributed by atoms with van der Waals surface area (Å²) in [5.41, 5.74) is 18.7. The van der Waals surface area contributed by atoms with Crippen molar-refractivity contribution in [1.29, 1.82) is 0 Å². The molecule has 0 amide bonds. The van der Waals surface area contributed by atoms with Crippen LogP contribution >= 0.6 is 0 Å². The Bertz CT molecular complexity index is 2740. The Morgan fingerprint density at radius 1 is 0.346 bits per heavy atom. The lowest BCUT2D eigenvalue weighted by Crippen LogP contribution is -2.14. The van der Waals surface area contributed by atoms with Gasteiger partial charge in [0.2, 0.25) is 0 Å². The van der Waals surface area contributed by atoms with Crippen LogP contribution in [0.3, 0.4) is 0 Å². The highest BCUT2D eigenvalue weighted by molar-refractivity contribution is 6.14. The normalized spacial score (nSPS) is 13.0. The Morgan fingerprint density at radius 3 is 1.63 bits per heavy atom. The number of para-hydroxylation sites is 2. The van der Waals surface area contributed by atoms with Crippen LogP contribution in [0.2, 0.25) is 0 Å². The van der Waals surface area contributed by atoms with Gasteiger partial charge >= 0.3 is 0 Å². The molecule has 1 heterocycles. The minimum atomic E-state index is -0.0659. The molecule has 1 aromatic heterocycles. The molecule has 0 bridgehead atoms. The molecule has 52 heavy (non-hydrogen) atoms. The highest BCUT2D eigenvalue weighted by Gasteiger charge is 2.35. The smallest absolute Gasteiger partial charge is 0.0619 e. The number of fused-ring (bicyclic) bond motifs is 6. The minimum Gasteiger partial charge on any atom is -0.309 e. The third-order valence-corrected chi connectivity index (χ3v) is 11.2. The van der Waals surface area contributed by atoms with Crippen molar-refractivity contribution in [3.8, 4) is 61.3 Å². The molecule has 8 aromatic carbocycles. The Hall–Kier alpha value is -6.44. The molecule has 0 saturated heterocycles. The zero-order valence-corrected chi connectivity index (χ0v) is 29.3. The summed E-state index contributed by atoms with van der Waals surface area (Å²) in [7, 11) is 0. The second-order valence-corrected chi connectivity index (χ2v) is 14.5. The van der Waals surface area contributed by atoms with E-state index >= 15 is 0 Å². The molecule has 0 atom stereocenters. The summed E-state index contributed by atoms with van der Waals surface area (Å²) < 4.78 is 2.50. The van der Waals surface area contributed by atoms with Gasteiger partial charge < -0.3 is 4.57 Å². The van der Waals surface area contributed by atoms with Crippen molar-refractivity contribution in [3.63, 3.8) is 0 Å². The highest BCUT2D eigenvalue weighted by Crippen LogP contribution is 2.50. The molecule has 0 radical (unpaired) electrons. The van der Waals surface area contributed by atoms with E-state index in [1.807, 2.05) is 0 Å². The second-order valence-electron chi connectivity index (χ2n) is 14.5. The largest absolute Gasteiger partial charge is 0.309 e. The van der Waals surface area contributed by atoms with Gasteiger partial charge in [0, 0.05) is 27.4 Å². The van der Waals surface area contributed by atoms with E-state index in [1.54, 1.807) is 0 Å². The van der Waals surface area contributed by atoms with Crippen molar-refractivity contribution in [2.75, 3.05) is 0 Å². The third kappa shape index (κ3) is 4.70. The third-order valence-electron chi connectivity index (χ3n) is 11.2. The van der Waals surface area contributed by atoms with Gasteiger partial charge in [-0.05, 0) is 91.5 Å². The van der Waals surface area contributed by atoms with Crippen molar-refractivity contribution in [2.45, 2.75) is 19.3 Å². The Morgan fingerprint density at radius 2 is 0.904 bits per heavy atom. The van der Waals surface area contributed by atoms with Crippen molar-refractivity contribution >= 4 is 21.8 Å². The van der Waals surface area contributed by atoms with Crippen LogP contribution in [0.15, 0.2) is 188 Å². The average Bonchev–Trinajstić information content (AvgIpc) is 3.67. The number of aromatic nitrogens is 1. The van der Waals surface area contributed by atoms with Gasteiger partial charge in [-0.15, -0.1) is 0 Å². The first kappa shape index (κ1) is 30.4. The summed E-state index contributed by atoms with van der Waals surface area (Å²) in [6.45, 7) is 4.72. The van der Waals surface area contributed by atoms with Crippen LogP contribution in [-0.2, 0) is 5.41 Å². The van der Waals surface area contributed by atoms with Crippen LogP contribution in [0, 0.1) is 0 Å². The van der Waals surface area contributed by atoms with Crippen LogP contribution < -0.4 is 0 Å². The first-order valence-corrected chi connectivity index (χ1v) is 18.2. The van der Waals surface area contributed by atoms with E-state index < -0.39 is 0 Å². The minimum absolute atomic E-state index is 0.0659. The van der Waals surface area contributed by atoms with Crippen LogP contribution in [0.1, 0.15) is 25.0 Å². The monoisotopic (exact) mass is 663 g/mol. The number of nitrogens with zero attached hydrogens (tertiary/aromatic N) is 1. The fraction of sp³-hybridized carbons (Fsp3) is 0.0588. The molecule has 9 aromatic rings. The van der Waals surface area contributed by atoms with Crippen molar-refractivity contribution in [3.05, 3.63) is 199 Å². The van der Waals surface area contributed by atoms with Crippen molar-refractivity contribution in [2.24, 2.45) is 0 Å². The number of hydrogen-bond donors (Lipinski definition) is 0. The van der Waals surface area contributed by atoms with Crippen LogP contribution in [0.5, 0.6) is 0 Å². The lowest BCUT2D eigenvalue weighted by atomic mass is 9.81. The Labute approximate surface area is 305 Å². The number of benzene rings is 8. The zero-order valence-electron chi connectivity index (χ0n) is 29.3. The van der Waals surface area contributed by atoms with E-state index in [9.17, 15) is 0 Å². The molecule has 0 unspecified atom stereocenters. The first-order chi connectivity index (χ1) is 25.6. The molecule has 0 fully saturated rings. The van der Waals surface area contributed by atoms with Crippen LogP contribution in [0.4, 0.5) is 0 Å². The first-order valence-electron chi connectivity index (χ1n) is 18.2. The van der Waals surface area contributed by atoms with Gasteiger partial charge in [0.1, 0.15) is 0 Å².